The minimum Gasteiger partial charge on any atom is -0.501 e. The fourth-order valence-corrected chi connectivity index (χ4v) is 3.44. The number of nitrogens with zero attached hydrogens (tertiary/aromatic N) is 1. The molecule has 122 valence electrons. The van der Waals surface area contributed by atoms with E-state index in [4.69, 9.17) is 21.7 Å². The summed E-state index contributed by atoms with van der Waals surface area (Å²) >= 11 is 4.74. The van der Waals surface area contributed by atoms with Gasteiger partial charge < -0.3 is 14.6 Å². The van der Waals surface area contributed by atoms with Crippen molar-refractivity contribution in [1.82, 2.24) is 4.98 Å². The Morgan fingerprint density at radius 1 is 1.30 bits per heavy atom. The van der Waals surface area contributed by atoms with Crippen LogP contribution in [0.3, 0.4) is 0 Å². The van der Waals surface area contributed by atoms with Gasteiger partial charge in [0.1, 0.15) is 11.4 Å². The molecule has 1 atom stereocenters. The highest BCUT2D eigenvalue weighted by Crippen LogP contribution is 2.34. The minimum absolute atomic E-state index is 0.163. The van der Waals surface area contributed by atoms with Crippen LogP contribution >= 0.6 is 12.2 Å². The predicted molar refractivity (Wildman–Crippen MR) is 90.1 cm³/mol. The molecule has 0 saturated heterocycles. The van der Waals surface area contributed by atoms with Crippen LogP contribution in [0.25, 0.3) is 11.1 Å². The first-order valence-corrected chi connectivity index (χ1v) is 8.30. The molecule has 1 unspecified atom stereocenters. The van der Waals surface area contributed by atoms with Gasteiger partial charge in [-0.1, -0.05) is 25.3 Å². The summed E-state index contributed by atoms with van der Waals surface area (Å²) in [5, 5.41) is 18.1. The number of hydrogen-bond donors (Lipinski definition) is 2. The van der Waals surface area contributed by atoms with Crippen molar-refractivity contribution in [3.63, 3.8) is 0 Å². The number of oxazole rings is 1. The number of carboxylic acids is 1. The summed E-state index contributed by atoms with van der Waals surface area (Å²) in [5.74, 6) is -1.24. The molecule has 2 N–H and O–H groups in total. The number of aromatic nitrogens is 1. The zero-order chi connectivity index (χ0) is 16.4. The van der Waals surface area contributed by atoms with E-state index < -0.39 is 16.9 Å². The average molecular weight is 333 g/mol. The average Bonchev–Trinajstić information content (AvgIpc) is 2.95. The molecule has 6 heteroatoms. The lowest BCUT2D eigenvalue weighted by atomic mass is 9.84. The summed E-state index contributed by atoms with van der Waals surface area (Å²) in [5.41, 5.74) is 2.52. The number of thiocarbonyl (C=S) groups is 1. The molecule has 1 saturated carbocycles. The van der Waals surface area contributed by atoms with Gasteiger partial charge in [0.2, 0.25) is 5.89 Å². The molecule has 5 nitrogen and oxygen atoms in total. The van der Waals surface area contributed by atoms with Crippen molar-refractivity contribution in [3.8, 4) is 0 Å². The SMILES string of the molecule is O=C(O)CC(C(O)=S)c1nc2ccc(C3CCCCC3)cc2o1. The van der Waals surface area contributed by atoms with Gasteiger partial charge in [-0.25, -0.2) is 4.98 Å². The predicted octanol–water partition coefficient (Wildman–Crippen LogP) is 4.32. The summed E-state index contributed by atoms with van der Waals surface area (Å²) in [6.45, 7) is 0. The van der Waals surface area contributed by atoms with E-state index in [1.807, 2.05) is 12.1 Å². The molecule has 0 spiro atoms. The third-order valence-corrected chi connectivity index (χ3v) is 4.77. The maximum atomic E-state index is 10.9. The molecule has 1 aromatic heterocycles. The van der Waals surface area contributed by atoms with E-state index in [2.05, 4.69) is 11.1 Å². The Bertz CT molecular complexity index is 733. The third-order valence-electron chi connectivity index (χ3n) is 4.48. The third kappa shape index (κ3) is 3.52. The first kappa shape index (κ1) is 15.9. The first-order valence-electron chi connectivity index (χ1n) is 7.89. The van der Waals surface area contributed by atoms with Crippen molar-refractivity contribution in [3.05, 3.63) is 29.7 Å². The monoisotopic (exact) mass is 333 g/mol. The number of hydrogen-bond acceptors (Lipinski definition) is 4. The molecule has 0 aliphatic heterocycles. The first-order chi connectivity index (χ1) is 11.0. The van der Waals surface area contributed by atoms with Crippen LogP contribution < -0.4 is 0 Å². The van der Waals surface area contributed by atoms with E-state index >= 15 is 0 Å². The van der Waals surface area contributed by atoms with E-state index in [1.165, 1.54) is 37.7 Å². The molecule has 1 aliphatic rings. The van der Waals surface area contributed by atoms with Gasteiger partial charge >= 0.3 is 5.97 Å². The molecule has 0 radical (unpaired) electrons. The minimum atomic E-state index is -1.06. The van der Waals surface area contributed by atoms with Crippen LogP contribution in [0.4, 0.5) is 0 Å². The summed E-state index contributed by atoms with van der Waals surface area (Å²) in [6.07, 6.45) is 5.85. The van der Waals surface area contributed by atoms with E-state index in [9.17, 15) is 9.90 Å². The number of aliphatic carboxylic acids is 1. The van der Waals surface area contributed by atoms with Crippen LogP contribution in [0.2, 0.25) is 0 Å². The summed E-state index contributed by atoms with van der Waals surface area (Å²) in [7, 11) is 0. The van der Waals surface area contributed by atoms with E-state index in [0.717, 1.165) is 0 Å². The highest BCUT2D eigenvalue weighted by Gasteiger charge is 2.26. The van der Waals surface area contributed by atoms with Crippen molar-refractivity contribution in [2.24, 2.45) is 0 Å². The van der Waals surface area contributed by atoms with Crippen molar-refractivity contribution < 1.29 is 19.4 Å². The molecule has 1 aromatic carbocycles. The molecular weight excluding hydrogens is 314 g/mol. The van der Waals surface area contributed by atoms with Gasteiger partial charge in [0, 0.05) is 0 Å². The molecule has 1 fully saturated rings. The highest BCUT2D eigenvalue weighted by molar-refractivity contribution is 7.80. The lowest BCUT2D eigenvalue weighted by Crippen LogP contribution is -2.14. The number of aliphatic hydroxyl groups excluding tert-OH is 1. The van der Waals surface area contributed by atoms with Gasteiger partial charge in [-0.15, -0.1) is 0 Å². The molecular formula is C17H19NO4S. The Balaban J connectivity index is 1.91. The summed E-state index contributed by atoms with van der Waals surface area (Å²) in [6, 6.07) is 5.94. The van der Waals surface area contributed by atoms with Gasteiger partial charge in [0.15, 0.2) is 10.6 Å². The molecule has 1 heterocycles. The largest absolute Gasteiger partial charge is 0.501 e. The maximum Gasteiger partial charge on any atom is 0.304 e. The second kappa shape index (κ2) is 6.66. The second-order valence-corrected chi connectivity index (χ2v) is 6.52. The van der Waals surface area contributed by atoms with Gasteiger partial charge in [-0.3, -0.25) is 4.79 Å². The Labute approximate surface area is 139 Å². The zero-order valence-electron chi connectivity index (χ0n) is 12.7. The Morgan fingerprint density at radius 2 is 2.04 bits per heavy atom. The van der Waals surface area contributed by atoms with Crippen LogP contribution in [0, 0.1) is 0 Å². The number of aliphatic hydroxyl groups is 1. The van der Waals surface area contributed by atoms with E-state index in [1.54, 1.807) is 0 Å². The normalized spacial score (nSPS) is 17.2. The van der Waals surface area contributed by atoms with Gasteiger partial charge in [0.25, 0.3) is 0 Å². The van der Waals surface area contributed by atoms with Crippen molar-refractivity contribution in [1.29, 1.82) is 0 Å². The molecule has 3 rings (SSSR count). The molecule has 0 amide bonds. The van der Waals surface area contributed by atoms with Crippen molar-refractivity contribution in [2.75, 3.05) is 0 Å². The Morgan fingerprint density at radius 3 is 2.70 bits per heavy atom. The molecule has 0 bridgehead atoms. The molecule has 1 aliphatic carbocycles. The number of carboxylic acid groups (broad SMARTS) is 1. The lowest BCUT2D eigenvalue weighted by Gasteiger charge is -2.21. The van der Waals surface area contributed by atoms with Crippen LogP contribution in [-0.4, -0.2) is 26.2 Å². The topological polar surface area (TPSA) is 83.6 Å². The summed E-state index contributed by atoms with van der Waals surface area (Å²) in [4.78, 5) is 15.2. The standard InChI is InChI=1S/C17H19NO4S/c19-15(20)9-12(17(21)23)16-18-13-7-6-11(8-14(13)22-16)10-4-2-1-3-5-10/h6-8,10,12H,1-5,9H2,(H,19,20)(H,21,23). The van der Waals surface area contributed by atoms with Crippen LogP contribution in [0.15, 0.2) is 22.6 Å². The second-order valence-electron chi connectivity index (χ2n) is 6.10. The summed E-state index contributed by atoms with van der Waals surface area (Å²) < 4.78 is 5.70. The zero-order valence-corrected chi connectivity index (χ0v) is 13.5. The number of benzene rings is 1. The van der Waals surface area contributed by atoms with Crippen molar-refractivity contribution in [2.45, 2.75) is 50.4 Å². The fourth-order valence-electron chi connectivity index (χ4n) is 3.25. The Kier molecular flexibility index (Phi) is 4.61. The lowest BCUT2D eigenvalue weighted by molar-refractivity contribution is -0.137. The van der Waals surface area contributed by atoms with E-state index in [-0.39, 0.29) is 12.3 Å². The number of carbonyl (C=O) groups is 1. The maximum absolute atomic E-state index is 10.9. The van der Waals surface area contributed by atoms with Gasteiger partial charge in [-0.05, 0) is 48.7 Å². The highest BCUT2D eigenvalue weighted by atomic mass is 32.1. The quantitative estimate of drug-likeness (QED) is 0.793. The van der Waals surface area contributed by atoms with Gasteiger partial charge in [0.05, 0.1) is 6.42 Å². The fraction of sp³-hybridized carbons (Fsp3) is 0.471. The Hall–Kier alpha value is -1.95. The van der Waals surface area contributed by atoms with Gasteiger partial charge in [-0.2, -0.15) is 0 Å². The number of fused-ring (bicyclic) bond motifs is 1. The van der Waals surface area contributed by atoms with E-state index in [0.29, 0.717) is 17.0 Å². The molecule has 23 heavy (non-hydrogen) atoms. The molecule has 2 aromatic rings. The smallest absolute Gasteiger partial charge is 0.304 e. The van der Waals surface area contributed by atoms with Crippen molar-refractivity contribution >= 4 is 34.3 Å². The van der Waals surface area contributed by atoms with Crippen LogP contribution in [0.5, 0.6) is 0 Å². The van der Waals surface area contributed by atoms with Crippen LogP contribution in [0.1, 0.15) is 61.8 Å². The van der Waals surface area contributed by atoms with Crippen LogP contribution in [-0.2, 0) is 4.79 Å². The number of rotatable bonds is 5.